The molecule has 0 atom stereocenters. The van der Waals surface area contributed by atoms with E-state index in [0.29, 0.717) is 50.9 Å². The number of piperidine rings is 2. The molecule has 534 valence electrons. The van der Waals surface area contributed by atoms with Gasteiger partial charge in [-0.25, -0.2) is 66.7 Å². The summed E-state index contributed by atoms with van der Waals surface area (Å²) in [4.78, 5) is 130. The molecule has 0 unspecified atom stereocenters. The normalized spacial score (nSPS) is 12.7. The number of hydrogen-bond donors (Lipinski definition) is 12. The fraction of sp³-hybridized carbons (Fsp3) is 0.303. The SMILES string of the molecule is O=C(Cc1ccsc1)NCCN1CCC(Cc2nc3ccccc3n2Cc2ccc(F)cc2)CC1.O=C(Cc1ccsc1)NCCN1CCC(Cc2nc3ccccc3n2Cc2ccc(F)cc2)CC1.O=C(O)C(=O)O.O=C(O)C(=O)O.O=C(O)C(=O)O.O=C(O)C(=O)O.O=C(O)C(=O)O. The number of imidazole rings is 2. The lowest BCUT2D eigenvalue weighted by atomic mass is 9.93. The van der Waals surface area contributed by atoms with Crippen LogP contribution >= 0.6 is 22.7 Å². The predicted octanol–water partition coefficient (Wildman–Crippen LogP) is 5.58. The Kier molecular flexibility index (Phi) is 34.3. The molecule has 0 radical (unpaired) electrons. The third-order valence-electron chi connectivity index (χ3n) is 14.6. The van der Waals surface area contributed by atoms with Crippen LogP contribution < -0.4 is 10.6 Å². The molecule has 34 heteroatoms. The van der Waals surface area contributed by atoms with Crippen molar-refractivity contribution < 1.29 is 117 Å². The number of fused-ring (bicyclic) bond motifs is 2. The lowest BCUT2D eigenvalue weighted by Gasteiger charge is -2.32. The molecular formula is C66H72F2N8O22S2. The number of para-hydroxylation sites is 4. The van der Waals surface area contributed by atoms with Crippen LogP contribution in [0.5, 0.6) is 0 Å². The van der Waals surface area contributed by atoms with Crippen molar-refractivity contribution in [2.24, 2.45) is 11.8 Å². The van der Waals surface area contributed by atoms with E-state index in [1.165, 1.54) is 24.3 Å². The highest BCUT2D eigenvalue weighted by atomic mass is 32.1. The van der Waals surface area contributed by atoms with Gasteiger partial charge in [0.1, 0.15) is 23.3 Å². The number of amides is 2. The highest BCUT2D eigenvalue weighted by Gasteiger charge is 2.25. The number of benzene rings is 4. The molecule has 0 spiro atoms. The molecule has 10 rings (SSSR count). The van der Waals surface area contributed by atoms with Crippen molar-refractivity contribution >= 4 is 116 Å². The maximum absolute atomic E-state index is 13.4. The number of hydrogen-bond acceptors (Lipinski definition) is 18. The number of nitrogens with one attached hydrogen (secondary N) is 2. The van der Waals surface area contributed by atoms with Gasteiger partial charge in [0.15, 0.2) is 0 Å². The number of rotatable bonds is 18. The molecule has 0 aliphatic carbocycles. The van der Waals surface area contributed by atoms with Gasteiger partial charge < -0.3 is 80.6 Å². The third-order valence-corrected chi connectivity index (χ3v) is 16.1. The Morgan fingerprint density at radius 2 is 0.690 bits per heavy atom. The third kappa shape index (κ3) is 30.4. The van der Waals surface area contributed by atoms with Crippen LogP contribution in [0.4, 0.5) is 8.78 Å². The van der Waals surface area contributed by atoms with Gasteiger partial charge in [0.25, 0.3) is 0 Å². The zero-order chi connectivity index (χ0) is 73.8. The second-order valence-corrected chi connectivity index (χ2v) is 23.4. The van der Waals surface area contributed by atoms with Crippen molar-refractivity contribution in [3.05, 3.63) is 176 Å². The molecule has 0 saturated carbocycles. The first-order valence-corrected chi connectivity index (χ1v) is 32.1. The zero-order valence-corrected chi connectivity index (χ0v) is 54.8. The maximum Gasteiger partial charge on any atom is 0.414 e. The van der Waals surface area contributed by atoms with Crippen LogP contribution in [0, 0.1) is 23.5 Å². The van der Waals surface area contributed by atoms with E-state index in [-0.39, 0.29) is 23.4 Å². The summed E-state index contributed by atoms with van der Waals surface area (Å²) in [6.45, 7) is 8.75. The van der Waals surface area contributed by atoms with Crippen LogP contribution in [-0.2, 0) is 96.3 Å². The van der Waals surface area contributed by atoms with Gasteiger partial charge in [-0.3, -0.25) is 9.59 Å². The van der Waals surface area contributed by atoms with Gasteiger partial charge in [0, 0.05) is 52.1 Å². The quantitative estimate of drug-likeness (QED) is 0.0467. The van der Waals surface area contributed by atoms with E-state index in [2.05, 4.69) is 53.8 Å². The Bertz CT molecular complexity index is 3620. The number of likely N-dealkylation sites (tertiary alicyclic amines) is 2. The van der Waals surface area contributed by atoms with Crippen molar-refractivity contribution in [3.63, 3.8) is 0 Å². The molecule has 6 heterocycles. The van der Waals surface area contributed by atoms with Crippen LogP contribution in [0.25, 0.3) is 22.1 Å². The van der Waals surface area contributed by atoms with Gasteiger partial charge in [-0.15, -0.1) is 0 Å². The van der Waals surface area contributed by atoms with E-state index in [1.54, 1.807) is 22.7 Å². The standard InChI is InChI=1S/2C28H31FN4OS.5C2H2O4/c2*29-24-7-5-22(6-8-24)19-33-26-4-2-1-3-25(26)31-27(33)17-21-9-13-32(14-10-21)15-12-30-28(34)18-23-11-16-35-20-23;5*3-1(4)2(5)6/h2*1-8,11,16,20-21H,9-10,12-15,17-19H2,(H,30,34);5*(H,3,4)(H,5,6). The summed E-state index contributed by atoms with van der Waals surface area (Å²) in [6, 6.07) is 34.0. The minimum Gasteiger partial charge on any atom is -0.473 e. The minimum absolute atomic E-state index is 0.0957. The summed E-state index contributed by atoms with van der Waals surface area (Å²) < 4.78 is 31.4. The zero-order valence-electron chi connectivity index (χ0n) is 53.2. The Balaban J connectivity index is 0.000000302. The highest BCUT2D eigenvalue weighted by molar-refractivity contribution is 7.08. The Morgan fingerprint density at radius 1 is 0.400 bits per heavy atom. The van der Waals surface area contributed by atoms with E-state index >= 15 is 0 Å². The van der Waals surface area contributed by atoms with Crippen molar-refractivity contribution in [1.29, 1.82) is 0 Å². The van der Waals surface area contributed by atoms with Crippen molar-refractivity contribution in [1.82, 2.24) is 39.5 Å². The summed E-state index contributed by atoms with van der Waals surface area (Å²) in [5.74, 6) is -15.1. The number of carboxylic acid groups (broad SMARTS) is 10. The van der Waals surface area contributed by atoms with Crippen molar-refractivity contribution in [2.75, 3.05) is 52.4 Å². The van der Waals surface area contributed by atoms with Crippen LogP contribution in [-0.4, -0.2) is 204 Å². The molecule has 30 nitrogen and oxygen atoms in total. The molecular weight excluding hydrogens is 1360 g/mol. The molecule has 2 amide bonds. The summed E-state index contributed by atoms with van der Waals surface area (Å²) in [5, 5.41) is 88.1. The number of nitrogens with zero attached hydrogens (tertiary/aromatic N) is 6. The first-order chi connectivity index (χ1) is 47.5. The van der Waals surface area contributed by atoms with Crippen LogP contribution in [0.3, 0.4) is 0 Å². The van der Waals surface area contributed by atoms with Gasteiger partial charge in [0.2, 0.25) is 11.8 Å². The molecule has 2 aliphatic rings. The number of thiophene rings is 2. The van der Waals surface area contributed by atoms with Crippen LogP contribution in [0.15, 0.2) is 131 Å². The second-order valence-electron chi connectivity index (χ2n) is 21.8. The number of aliphatic carboxylic acids is 10. The van der Waals surface area contributed by atoms with E-state index < -0.39 is 59.7 Å². The maximum atomic E-state index is 13.4. The highest BCUT2D eigenvalue weighted by Crippen LogP contribution is 2.27. The lowest BCUT2D eigenvalue weighted by molar-refractivity contribution is -0.159. The van der Waals surface area contributed by atoms with Gasteiger partial charge in [-0.1, -0.05) is 48.5 Å². The second kappa shape index (κ2) is 42.3. The smallest absolute Gasteiger partial charge is 0.414 e. The van der Waals surface area contributed by atoms with E-state index in [9.17, 15) is 18.4 Å². The van der Waals surface area contributed by atoms with E-state index in [1.807, 2.05) is 82.2 Å². The van der Waals surface area contributed by atoms with E-state index in [4.69, 9.17) is 109 Å². The van der Waals surface area contributed by atoms with Crippen molar-refractivity contribution in [3.8, 4) is 0 Å². The minimum atomic E-state index is -1.82. The van der Waals surface area contributed by atoms with Gasteiger partial charge in [-0.05, 0) is 168 Å². The number of halogens is 2. The van der Waals surface area contributed by atoms with Gasteiger partial charge >= 0.3 is 59.7 Å². The summed E-state index contributed by atoms with van der Waals surface area (Å²) in [6.07, 6.45) is 7.33. The average molecular weight is 1430 g/mol. The first-order valence-electron chi connectivity index (χ1n) is 30.2. The fourth-order valence-electron chi connectivity index (χ4n) is 9.79. The topological polar surface area (TPSA) is 473 Å². The molecule has 8 aromatic rings. The molecule has 2 aliphatic heterocycles. The molecule has 4 aromatic heterocycles. The van der Waals surface area contributed by atoms with Crippen LogP contribution in [0.1, 0.15) is 59.6 Å². The Labute approximate surface area is 575 Å². The number of carbonyl (C=O) groups is 12. The number of carbonyl (C=O) groups excluding carboxylic acids is 2. The lowest BCUT2D eigenvalue weighted by Crippen LogP contribution is -2.40. The fourth-order valence-corrected chi connectivity index (χ4v) is 11.1. The Hall–Kier alpha value is -11.4. The van der Waals surface area contributed by atoms with Crippen LogP contribution in [0.2, 0.25) is 0 Å². The van der Waals surface area contributed by atoms with Gasteiger partial charge in [-0.2, -0.15) is 22.7 Å². The summed E-state index contributed by atoms with van der Waals surface area (Å²) in [5.41, 5.74) is 8.60. The largest absolute Gasteiger partial charge is 0.473 e. The molecule has 2 fully saturated rings. The summed E-state index contributed by atoms with van der Waals surface area (Å²) in [7, 11) is 0. The molecule has 12 N–H and O–H groups in total. The predicted molar refractivity (Wildman–Crippen MR) is 355 cm³/mol. The number of aromatic nitrogens is 4. The van der Waals surface area contributed by atoms with Crippen molar-refractivity contribution in [2.45, 2.75) is 64.5 Å². The average Bonchev–Trinajstić information content (AvgIpc) is 1.65. The molecule has 100 heavy (non-hydrogen) atoms. The molecule has 0 bridgehead atoms. The van der Waals surface area contributed by atoms with Gasteiger partial charge in [0.05, 0.1) is 34.9 Å². The monoisotopic (exact) mass is 1430 g/mol. The first kappa shape index (κ1) is 81.1. The van der Waals surface area contributed by atoms with E-state index in [0.717, 1.165) is 134 Å². The Morgan fingerprint density at radius 3 is 0.960 bits per heavy atom. The summed E-state index contributed by atoms with van der Waals surface area (Å²) >= 11 is 3.25. The molecule has 2 saturated heterocycles. The number of carboxylic acids is 10. The molecule has 4 aromatic carbocycles.